The van der Waals surface area contributed by atoms with Gasteiger partial charge in [-0.15, -0.1) is 9.36 Å². The molecule has 70 heavy (non-hydrogen) atoms. The van der Waals surface area contributed by atoms with Gasteiger partial charge in [-0.3, -0.25) is 0 Å². The molecule has 0 atom stereocenters. The molecule has 0 N–H and O–H groups in total. The van der Waals surface area contributed by atoms with Crippen LogP contribution in [0.3, 0.4) is 0 Å². The quantitative estimate of drug-likeness (QED) is 0.160. The number of aryl methyl sites for hydroxylation is 12. The van der Waals surface area contributed by atoms with Crippen LogP contribution in [-0.4, -0.2) is 29.5 Å². The lowest BCUT2D eigenvalue weighted by Crippen LogP contribution is -2.39. The third-order valence-electron chi connectivity index (χ3n) is 15.0. The Morgan fingerprint density at radius 1 is 0.429 bits per heavy atom. The molecule has 7 rings (SSSR count). The molecule has 7 aromatic rings. The van der Waals surface area contributed by atoms with Crippen molar-refractivity contribution in [2.45, 2.75) is 159 Å². The summed E-state index contributed by atoms with van der Waals surface area (Å²) in [6.45, 7) is 47.9. The molecule has 0 bridgehead atoms. The predicted molar refractivity (Wildman–Crippen MR) is 282 cm³/mol. The first-order valence-electron chi connectivity index (χ1n) is 24.2. The Labute approximate surface area is 428 Å². The van der Waals surface area contributed by atoms with Gasteiger partial charge in [0.1, 0.15) is 43.9 Å². The van der Waals surface area contributed by atoms with Crippen molar-refractivity contribution >= 4 is 11.3 Å². The first kappa shape index (κ1) is 62.4. The number of hydrogen-bond acceptors (Lipinski definition) is 6. The molecule has 0 radical (unpaired) electrons. The smallest absolute Gasteiger partial charge is 0.343 e. The fraction of sp³-hybridized carbons (Fsp3) is 0.582. The summed E-state index contributed by atoms with van der Waals surface area (Å²) in [7, 11) is 18.3. The minimum Gasteiger partial charge on any atom is -0.407 e. The molecule has 0 saturated carbocycles. The maximum absolute atomic E-state index is 5.31. The molecule has 0 spiro atoms. The second-order valence-corrected chi connectivity index (χ2v) is 20.2. The van der Waals surface area contributed by atoms with E-state index in [1.165, 1.54) is 83.5 Å². The summed E-state index contributed by atoms with van der Waals surface area (Å²) in [6, 6.07) is 0. The molecule has 0 aliphatic heterocycles. The van der Waals surface area contributed by atoms with Crippen molar-refractivity contribution in [1.29, 1.82) is 0 Å². The van der Waals surface area contributed by atoms with E-state index in [4.69, 9.17) is 4.42 Å². The highest BCUT2D eigenvalue weighted by Gasteiger charge is 2.17. The summed E-state index contributed by atoms with van der Waals surface area (Å²) < 4.78 is 24.0. The van der Waals surface area contributed by atoms with Crippen molar-refractivity contribution in [3.05, 3.63) is 130 Å². The van der Waals surface area contributed by atoms with Crippen molar-refractivity contribution < 1.29 is 36.6 Å². The van der Waals surface area contributed by atoms with Gasteiger partial charge in [-0.05, 0) is 79.9 Å². The maximum atomic E-state index is 5.31. The summed E-state index contributed by atoms with van der Waals surface area (Å²) in [4.78, 5) is 10.2. The molecule has 7 aromatic heterocycles. The zero-order valence-corrected chi connectivity index (χ0v) is 50.9. The molecule has 0 aromatic carbocycles. The monoisotopic (exact) mass is 987 g/mol. The van der Waals surface area contributed by atoms with E-state index in [1.807, 2.05) is 123 Å². The third-order valence-corrected chi connectivity index (χ3v) is 16.2. The molecule has 0 unspecified atom stereocenters. The number of nitrogens with zero attached hydrogens (tertiary/aromatic N) is 13. The largest absolute Gasteiger partial charge is 0.407 e. The van der Waals surface area contributed by atoms with Crippen LogP contribution < -0.4 is 32.2 Å². The normalized spacial score (nSPS) is 10.3. The Bertz CT molecular complexity index is 2420. The average molecular weight is 988 g/mol. The number of rotatable bonds is 0. The lowest BCUT2D eigenvalue weighted by Gasteiger charge is -2.02. The summed E-state index contributed by atoms with van der Waals surface area (Å²) in [5, 5.41) is 9.92. The SMILES string of the molecule is Cc1c(C)n(C)[n+](C)c1C.Cc1n[n+](C)c(C)c(C)c1C.Cc1nc(C)[n+](C)c(C)c1C.Cc1nc(C)c(C)[n+](C)c1C.Cc1nn(C)c(C)[n+]1C.Cc1oc(C)[n+](C)c1C.Cc1sc(C)[n+](C)c1C. The van der Waals surface area contributed by atoms with Crippen LogP contribution in [0.15, 0.2) is 4.42 Å². The van der Waals surface area contributed by atoms with Crippen molar-refractivity contribution in [2.75, 3.05) is 0 Å². The Hall–Kier alpha value is -5.57. The van der Waals surface area contributed by atoms with Gasteiger partial charge >= 0.3 is 5.89 Å². The highest BCUT2D eigenvalue weighted by atomic mass is 32.1. The zero-order chi connectivity index (χ0) is 54.7. The van der Waals surface area contributed by atoms with E-state index in [0.29, 0.717) is 0 Å². The van der Waals surface area contributed by atoms with E-state index in [9.17, 15) is 0 Å². The lowest BCUT2D eigenvalue weighted by atomic mass is 10.1. The second kappa shape index (κ2) is 26.6. The average Bonchev–Trinajstić information content (AvgIpc) is 3.84. The van der Waals surface area contributed by atoms with Gasteiger partial charge in [0, 0.05) is 105 Å². The second-order valence-electron chi connectivity index (χ2n) is 18.8. The molecule has 0 amide bonds. The molecule has 0 saturated heterocycles. The number of oxazole rings is 1. The Morgan fingerprint density at radius 2 is 0.943 bits per heavy atom. The van der Waals surface area contributed by atoms with Crippen LogP contribution in [0.1, 0.15) is 130 Å². The van der Waals surface area contributed by atoms with Crippen LogP contribution >= 0.6 is 11.3 Å². The topological polar surface area (TPSA) is 102 Å². The third kappa shape index (κ3) is 15.7. The Kier molecular flexibility index (Phi) is 23.7. The molecule has 386 valence electrons. The number of aromatic nitrogens is 13. The van der Waals surface area contributed by atoms with Gasteiger partial charge in [0.25, 0.3) is 11.6 Å². The first-order valence-corrected chi connectivity index (χ1v) is 25.0. The summed E-state index contributed by atoms with van der Waals surface area (Å²) >= 11 is 1.86. The van der Waals surface area contributed by atoms with E-state index < -0.39 is 0 Å². The zero-order valence-electron chi connectivity index (χ0n) is 50.1. The standard InChI is InChI=1S/3C9H15N2.C8H15N2.C7H12NO.C7H12NS.C6H12N3/c1-6-8(3)11(5)9(4)7(2)10-6;1-6-7(2)10-9(4)11(5)8(6)3;1-6-7(2)9(4)11(5)10-8(6)3;1-6-7(2)9(4)10(5)8(6)3;2*1-5-6(2)9-7(3)8(5)4;1-5-7-9(4)6(2)8(5)3/h3*1-5H3;1-5H3;3*1-4H3/q7*+1. The van der Waals surface area contributed by atoms with E-state index in [-0.39, 0.29) is 0 Å². The van der Waals surface area contributed by atoms with Crippen molar-refractivity contribution in [2.24, 2.45) is 63.4 Å². The van der Waals surface area contributed by atoms with E-state index in [2.05, 4.69) is 173 Å². The van der Waals surface area contributed by atoms with Gasteiger partial charge in [0.15, 0.2) is 42.6 Å². The van der Waals surface area contributed by atoms with E-state index in [1.54, 1.807) is 0 Å². The lowest BCUT2D eigenvalue weighted by molar-refractivity contribution is -0.756. The Morgan fingerprint density at radius 3 is 1.23 bits per heavy atom. The van der Waals surface area contributed by atoms with Crippen LogP contribution in [0, 0.1) is 159 Å². The van der Waals surface area contributed by atoms with Crippen molar-refractivity contribution in [3.63, 3.8) is 0 Å². The van der Waals surface area contributed by atoms with Crippen molar-refractivity contribution in [1.82, 2.24) is 29.5 Å². The molecular formula is C55H96N13OS+7. The van der Waals surface area contributed by atoms with Crippen molar-refractivity contribution in [3.8, 4) is 0 Å². The van der Waals surface area contributed by atoms with Crippen LogP contribution in [0.4, 0.5) is 0 Å². The molecule has 15 heteroatoms. The highest BCUT2D eigenvalue weighted by molar-refractivity contribution is 7.11. The Balaban J connectivity index is 0.000000409. The van der Waals surface area contributed by atoms with Crippen LogP contribution in [0.2, 0.25) is 0 Å². The van der Waals surface area contributed by atoms with E-state index >= 15 is 0 Å². The number of thiazole rings is 1. The summed E-state index contributed by atoms with van der Waals surface area (Å²) in [5.74, 6) is 5.27. The van der Waals surface area contributed by atoms with Crippen LogP contribution in [-0.2, 0) is 63.4 Å². The van der Waals surface area contributed by atoms with E-state index in [0.717, 1.165) is 46.1 Å². The molecule has 0 fully saturated rings. The van der Waals surface area contributed by atoms with Crippen LogP contribution in [0.25, 0.3) is 0 Å². The summed E-state index contributed by atoms with van der Waals surface area (Å²) in [6.07, 6.45) is 0. The highest BCUT2D eigenvalue weighted by Crippen LogP contribution is 2.12. The van der Waals surface area contributed by atoms with Gasteiger partial charge in [-0.25, -0.2) is 14.1 Å². The molecule has 7 heterocycles. The minimum atomic E-state index is 0.963. The van der Waals surface area contributed by atoms with Gasteiger partial charge in [-0.2, -0.15) is 18.4 Å². The van der Waals surface area contributed by atoms with Gasteiger partial charge in [-0.1, -0.05) is 21.0 Å². The molecule has 0 aliphatic rings. The number of hydrogen-bond donors (Lipinski definition) is 0. The fourth-order valence-corrected chi connectivity index (χ4v) is 8.15. The van der Waals surface area contributed by atoms with Crippen LogP contribution in [0.5, 0.6) is 0 Å². The summed E-state index contributed by atoms with van der Waals surface area (Å²) in [5.41, 5.74) is 20.2. The van der Waals surface area contributed by atoms with Gasteiger partial charge in [0.05, 0.1) is 45.7 Å². The minimum absolute atomic E-state index is 0.963. The molecular weight excluding hydrogens is 891 g/mol. The van der Waals surface area contributed by atoms with Gasteiger partial charge < -0.3 is 4.42 Å². The van der Waals surface area contributed by atoms with Gasteiger partial charge in [0.2, 0.25) is 27.9 Å². The first-order chi connectivity index (χ1) is 32.0. The molecule has 0 aliphatic carbocycles. The fourth-order valence-electron chi connectivity index (χ4n) is 7.15. The maximum Gasteiger partial charge on any atom is 0.343 e. The predicted octanol–water partition coefficient (Wildman–Crippen LogP) is 6.58. The molecule has 14 nitrogen and oxygen atoms in total.